The molecule has 1 fully saturated rings. The van der Waals surface area contributed by atoms with Gasteiger partial charge in [-0.1, -0.05) is 20.8 Å². The summed E-state index contributed by atoms with van der Waals surface area (Å²) in [6.07, 6.45) is 5.63. The Morgan fingerprint density at radius 2 is 2.04 bits per heavy atom. The van der Waals surface area contributed by atoms with Crippen LogP contribution in [-0.2, 0) is 4.79 Å². The van der Waals surface area contributed by atoms with Crippen molar-refractivity contribution in [3.8, 4) is 0 Å². The molecule has 2 aromatic heterocycles. The molecular formula is C18H24FN5O. The van der Waals surface area contributed by atoms with Crippen molar-refractivity contribution in [3.63, 3.8) is 0 Å². The van der Waals surface area contributed by atoms with Gasteiger partial charge in [-0.05, 0) is 6.07 Å². The van der Waals surface area contributed by atoms with E-state index >= 15 is 4.39 Å². The molecule has 0 aromatic carbocycles. The maximum atomic E-state index is 15.0. The Hall–Kier alpha value is -2.31. The Bertz CT molecular complexity index is 760. The molecule has 1 amide bonds. The third kappa shape index (κ3) is 3.86. The van der Waals surface area contributed by atoms with Gasteiger partial charge in [0.05, 0.1) is 18.3 Å². The van der Waals surface area contributed by atoms with Gasteiger partial charge in [-0.2, -0.15) is 0 Å². The lowest BCUT2D eigenvalue weighted by atomic mass is 9.91. The second-order valence-corrected chi connectivity index (χ2v) is 7.66. The number of hydrogen-bond donors (Lipinski definition) is 1. The Kier molecular flexibility index (Phi) is 4.58. The first-order valence-electron chi connectivity index (χ1n) is 8.55. The summed E-state index contributed by atoms with van der Waals surface area (Å²) in [6, 6.07) is 1.88. The Morgan fingerprint density at radius 3 is 2.72 bits per heavy atom. The number of fused-ring (bicyclic) bond motifs is 1. The normalized spacial score (nSPS) is 17.5. The van der Waals surface area contributed by atoms with Crippen LogP contribution in [0.4, 0.5) is 10.2 Å². The highest BCUT2D eigenvalue weighted by Crippen LogP contribution is 2.31. The first kappa shape index (κ1) is 17.5. The molecule has 134 valence electrons. The maximum Gasteiger partial charge on any atom is 0.225 e. The SMILES string of the molecule is CC(C)(C)C(=O)NCC1(F)CCN(c2ncnc3cnccc23)CC1. The Balaban J connectivity index is 1.66. The summed E-state index contributed by atoms with van der Waals surface area (Å²) in [7, 11) is 0. The molecule has 1 N–H and O–H groups in total. The van der Waals surface area contributed by atoms with Gasteiger partial charge in [-0.15, -0.1) is 0 Å². The molecule has 1 aliphatic rings. The number of halogens is 1. The quantitative estimate of drug-likeness (QED) is 0.925. The topological polar surface area (TPSA) is 71.0 Å². The lowest BCUT2D eigenvalue weighted by Crippen LogP contribution is -2.50. The number of amides is 1. The van der Waals surface area contributed by atoms with Crippen LogP contribution in [0.3, 0.4) is 0 Å². The number of hydrogen-bond acceptors (Lipinski definition) is 5. The van der Waals surface area contributed by atoms with Crippen LogP contribution in [0.5, 0.6) is 0 Å². The molecule has 1 aliphatic heterocycles. The summed E-state index contributed by atoms with van der Waals surface area (Å²) < 4.78 is 15.0. The van der Waals surface area contributed by atoms with Crippen molar-refractivity contribution >= 4 is 22.6 Å². The van der Waals surface area contributed by atoms with Crippen molar-refractivity contribution < 1.29 is 9.18 Å². The van der Waals surface area contributed by atoms with Crippen LogP contribution >= 0.6 is 0 Å². The highest BCUT2D eigenvalue weighted by Gasteiger charge is 2.36. The lowest BCUT2D eigenvalue weighted by molar-refractivity contribution is -0.129. The van der Waals surface area contributed by atoms with Gasteiger partial charge < -0.3 is 10.2 Å². The first-order valence-corrected chi connectivity index (χ1v) is 8.55. The summed E-state index contributed by atoms with van der Waals surface area (Å²) in [5.41, 5.74) is -1.10. The van der Waals surface area contributed by atoms with E-state index in [0.717, 1.165) is 16.7 Å². The largest absolute Gasteiger partial charge is 0.356 e. The van der Waals surface area contributed by atoms with Crippen molar-refractivity contribution in [2.75, 3.05) is 24.5 Å². The van der Waals surface area contributed by atoms with Gasteiger partial charge in [-0.3, -0.25) is 9.78 Å². The minimum Gasteiger partial charge on any atom is -0.356 e. The van der Waals surface area contributed by atoms with Gasteiger partial charge in [0.2, 0.25) is 5.91 Å². The maximum absolute atomic E-state index is 15.0. The molecule has 0 spiro atoms. The van der Waals surface area contributed by atoms with E-state index in [1.165, 1.54) is 6.33 Å². The van der Waals surface area contributed by atoms with E-state index in [-0.39, 0.29) is 12.5 Å². The number of pyridine rings is 1. The molecule has 0 atom stereocenters. The number of rotatable bonds is 3. The minimum atomic E-state index is -1.37. The number of piperidine rings is 1. The van der Waals surface area contributed by atoms with E-state index in [9.17, 15) is 4.79 Å². The fraction of sp³-hybridized carbons (Fsp3) is 0.556. The van der Waals surface area contributed by atoms with Crippen LogP contribution in [-0.4, -0.2) is 46.2 Å². The molecule has 6 nitrogen and oxygen atoms in total. The predicted molar refractivity (Wildman–Crippen MR) is 95.1 cm³/mol. The van der Waals surface area contributed by atoms with Gasteiger partial charge in [-0.25, -0.2) is 14.4 Å². The molecule has 3 rings (SSSR count). The van der Waals surface area contributed by atoms with Crippen molar-refractivity contribution in [1.29, 1.82) is 0 Å². The van der Waals surface area contributed by atoms with Crippen LogP contribution in [0.1, 0.15) is 33.6 Å². The number of carbonyl (C=O) groups is 1. The third-order valence-corrected chi connectivity index (χ3v) is 4.62. The number of nitrogens with one attached hydrogen (secondary N) is 1. The van der Waals surface area contributed by atoms with Crippen LogP contribution < -0.4 is 10.2 Å². The van der Waals surface area contributed by atoms with E-state index < -0.39 is 11.1 Å². The minimum absolute atomic E-state index is 0.0609. The molecule has 0 bridgehead atoms. The summed E-state index contributed by atoms with van der Waals surface area (Å²) >= 11 is 0. The van der Waals surface area contributed by atoms with Crippen molar-refractivity contribution in [1.82, 2.24) is 20.3 Å². The zero-order valence-electron chi connectivity index (χ0n) is 14.9. The summed E-state index contributed by atoms with van der Waals surface area (Å²) in [5.74, 6) is 0.689. The van der Waals surface area contributed by atoms with Crippen molar-refractivity contribution in [2.45, 2.75) is 39.3 Å². The molecule has 3 heterocycles. The molecule has 0 saturated carbocycles. The lowest BCUT2D eigenvalue weighted by Gasteiger charge is -2.37. The highest BCUT2D eigenvalue weighted by atomic mass is 19.1. The fourth-order valence-corrected chi connectivity index (χ4v) is 2.95. The second-order valence-electron chi connectivity index (χ2n) is 7.66. The molecule has 0 radical (unpaired) electrons. The predicted octanol–water partition coefficient (Wildman–Crippen LogP) is 2.50. The number of carbonyl (C=O) groups excluding carboxylic acids is 1. The molecule has 25 heavy (non-hydrogen) atoms. The average Bonchev–Trinajstić information content (AvgIpc) is 2.59. The number of alkyl halides is 1. The molecule has 0 aliphatic carbocycles. The standard InChI is InChI=1S/C18H24FN5O/c1-17(2,3)16(25)21-11-18(19)5-8-24(9-6-18)15-13-4-7-20-10-14(13)22-12-23-15/h4,7,10,12H,5-6,8-9,11H2,1-3H3,(H,21,25). The summed E-state index contributed by atoms with van der Waals surface area (Å²) in [5, 5.41) is 3.67. The zero-order valence-corrected chi connectivity index (χ0v) is 14.9. The molecule has 7 heteroatoms. The van der Waals surface area contributed by atoms with Crippen molar-refractivity contribution in [2.24, 2.45) is 5.41 Å². The van der Waals surface area contributed by atoms with Crippen LogP contribution in [0, 0.1) is 5.41 Å². The fourth-order valence-electron chi connectivity index (χ4n) is 2.95. The molecule has 1 saturated heterocycles. The zero-order chi connectivity index (χ0) is 18.1. The van der Waals surface area contributed by atoms with Crippen LogP contribution in [0.15, 0.2) is 24.8 Å². The second kappa shape index (κ2) is 6.54. The monoisotopic (exact) mass is 345 g/mol. The van der Waals surface area contributed by atoms with Crippen LogP contribution in [0.2, 0.25) is 0 Å². The molecule has 2 aromatic rings. The molecular weight excluding hydrogens is 321 g/mol. The van der Waals surface area contributed by atoms with Gasteiger partial charge >= 0.3 is 0 Å². The van der Waals surface area contributed by atoms with Gasteiger partial charge in [0.25, 0.3) is 0 Å². The van der Waals surface area contributed by atoms with Gasteiger partial charge in [0.1, 0.15) is 17.8 Å². The summed E-state index contributed by atoms with van der Waals surface area (Å²) in [6.45, 7) is 6.64. The van der Waals surface area contributed by atoms with E-state index in [2.05, 4.69) is 25.2 Å². The van der Waals surface area contributed by atoms with Gasteiger partial charge in [0, 0.05) is 42.9 Å². The Labute approximate surface area is 146 Å². The van der Waals surface area contributed by atoms with E-state index in [0.29, 0.717) is 25.9 Å². The molecule has 0 unspecified atom stereocenters. The van der Waals surface area contributed by atoms with Gasteiger partial charge in [0.15, 0.2) is 0 Å². The smallest absolute Gasteiger partial charge is 0.225 e. The average molecular weight is 345 g/mol. The number of anilines is 1. The number of nitrogens with zero attached hydrogens (tertiary/aromatic N) is 4. The summed E-state index contributed by atoms with van der Waals surface area (Å²) in [4.78, 5) is 26.7. The van der Waals surface area contributed by atoms with Crippen molar-refractivity contribution in [3.05, 3.63) is 24.8 Å². The number of aromatic nitrogens is 3. The van der Waals surface area contributed by atoms with E-state index in [4.69, 9.17) is 0 Å². The highest BCUT2D eigenvalue weighted by molar-refractivity contribution is 5.88. The van der Waals surface area contributed by atoms with Crippen LogP contribution in [0.25, 0.3) is 10.9 Å². The van der Waals surface area contributed by atoms with E-state index in [1.54, 1.807) is 12.4 Å². The van der Waals surface area contributed by atoms with E-state index in [1.807, 2.05) is 26.8 Å². The first-order chi connectivity index (χ1) is 11.8. The Morgan fingerprint density at radius 1 is 1.32 bits per heavy atom. The third-order valence-electron chi connectivity index (χ3n) is 4.62.